The Balaban J connectivity index is 1.89. The Morgan fingerprint density at radius 2 is 1.88 bits per heavy atom. The molecule has 2 rings (SSSR count). The first-order valence-corrected chi connectivity index (χ1v) is 9.06. The highest BCUT2D eigenvalue weighted by Crippen LogP contribution is 2.12. The number of pyridine rings is 1. The first-order chi connectivity index (χ1) is 11.4. The van der Waals surface area contributed by atoms with Crippen molar-refractivity contribution >= 4 is 15.9 Å². The van der Waals surface area contributed by atoms with Gasteiger partial charge in [-0.15, -0.1) is 0 Å². The van der Waals surface area contributed by atoms with Gasteiger partial charge in [0, 0.05) is 32.4 Å². The quantitative estimate of drug-likeness (QED) is 0.825. The molecule has 6 nitrogen and oxygen atoms in total. The lowest BCUT2D eigenvalue weighted by atomic mass is 10.1. The fraction of sp³-hybridized carbons (Fsp3) is 0.294. The summed E-state index contributed by atoms with van der Waals surface area (Å²) in [6, 6.07) is 10.3. The second-order valence-electron chi connectivity index (χ2n) is 5.46. The number of aryl methyl sites for hydroxylation is 1. The van der Waals surface area contributed by atoms with Crippen LogP contribution in [0.2, 0.25) is 0 Å². The van der Waals surface area contributed by atoms with E-state index in [1.165, 1.54) is 7.05 Å². The van der Waals surface area contributed by atoms with Gasteiger partial charge in [0.1, 0.15) is 0 Å². The average Bonchev–Trinajstić information content (AvgIpc) is 2.60. The Morgan fingerprint density at radius 1 is 1.17 bits per heavy atom. The van der Waals surface area contributed by atoms with Crippen LogP contribution in [0.5, 0.6) is 0 Å². The minimum Gasteiger partial charge on any atom is -0.341 e. The molecule has 0 saturated heterocycles. The lowest BCUT2D eigenvalue weighted by Crippen LogP contribution is -2.26. The van der Waals surface area contributed by atoms with Crippen molar-refractivity contribution in [3.8, 4) is 0 Å². The third-order valence-electron chi connectivity index (χ3n) is 3.70. The second kappa shape index (κ2) is 8.03. The Hall–Kier alpha value is -2.25. The molecule has 0 bridgehead atoms. The topological polar surface area (TPSA) is 79.4 Å². The zero-order chi connectivity index (χ0) is 17.6. The number of hydrogen-bond donors (Lipinski definition) is 1. The number of carbonyl (C=O) groups excluding carboxylic acids is 1. The van der Waals surface area contributed by atoms with Crippen LogP contribution in [-0.2, 0) is 27.8 Å². The van der Waals surface area contributed by atoms with Crippen LogP contribution in [0.25, 0.3) is 0 Å². The Morgan fingerprint density at radius 3 is 2.46 bits per heavy atom. The number of benzene rings is 1. The van der Waals surface area contributed by atoms with Gasteiger partial charge in [-0.3, -0.25) is 9.78 Å². The van der Waals surface area contributed by atoms with Gasteiger partial charge in [0.05, 0.1) is 4.90 Å². The molecule has 0 aliphatic rings. The van der Waals surface area contributed by atoms with Gasteiger partial charge in [0.15, 0.2) is 0 Å². The molecular weight excluding hydrogens is 326 g/mol. The summed E-state index contributed by atoms with van der Waals surface area (Å²) in [5, 5.41) is 0. The highest BCUT2D eigenvalue weighted by molar-refractivity contribution is 7.89. The van der Waals surface area contributed by atoms with Crippen molar-refractivity contribution in [2.24, 2.45) is 0 Å². The van der Waals surface area contributed by atoms with E-state index in [0.717, 1.165) is 11.1 Å². The molecule has 2 aromatic rings. The third-order valence-corrected chi connectivity index (χ3v) is 5.13. The van der Waals surface area contributed by atoms with Gasteiger partial charge < -0.3 is 4.90 Å². The van der Waals surface area contributed by atoms with E-state index in [9.17, 15) is 13.2 Å². The largest absolute Gasteiger partial charge is 0.341 e. The Kier molecular flexibility index (Phi) is 6.05. The minimum absolute atomic E-state index is 0.0331. The number of sulfonamides is 1. The summed E-state index contributed by atoms with van der Waals surface area (Å²) in [6.45, 7) is 0.520. The standard InChI is InChI=1S/C17H21N3O3S/c1-18-24(22,23)16-8-5-14(6-9-16)7-10-17(21)20(2)13-15-4-3-11-19-12-15/h3-6,8-9,11-12,18H,7,10,13H2,1-2H3. The number of nitrogens with zero attached hydrogens (tertiary/aromatic N) is 2. The maximum atomic E-state index is 12.2. The average molecular weight is 347 g/mol. The van der Waals surface area contributed by atoms with Crippen molar-refractivity contribution in [2.45, 2.75) is 24.3 Å². The molecular formula is C17H21N3O3S. The van der Waals surface area contributed by atoms with Crippen LogP contribution in [0.4, 0.5) is 0 Å². The van der Waals surface area contributed by atoms with Crippen molar-refractivity contribution in [1.82, 2.24) is 14.6 Å². The number of amides is 1. The summed E-state index contributed by atoms with van der Waals surface area (Å²) >= 11 is 0. The van der Waals surface area contributed by atoms with Crippen molar-refractivity contribution in [2.75, 3.05) is 14.1 Å². The van der Waals surface area contributed by atoms with Crippen LogP contribution in [0.15, 0.2) is 53.7 Å². The molecule has 1 heterocycles. The fourth-order valence-corrected chi connectivity index (χ4v) is 2.98. The maximum absolute atomic E-state index is 12.2. The second-order valence-corrected chi connectivity index (χ2v) is 7.35. The van der Waals surface area contributed by atoms with E-state index < -0.39 is 10.0 Å². The molecule has 0 unspecified atom stereocenters. The van der Waals surface area contributed by atoms with Crippen LogP contribution in [0, 0.1) is 0 Å². The SMILES string of the molecule is CNS(=O)(=O)c1ccc(CCC(=O)N(C)Cc2cccnc2)cc1. The van der Waals surface area contributed by atoms with Crippen LogP contribution in [0.1, 0.15) is 17.5 Å². The maximum Gasteiger partial charge on any atom is 0.240 e. The van der Waals surface area contributed by atoms with E-state index in [2.05, 4.69) is 9.71 Å². The van der Waals surface area contributed by atoms with Gasteiger partial charge >= 0.3 is 0 Å². The number of aromatic nitrogens is 1. The number of carbonyl (C=O) groups is 1. The molecule has 1 N–H and O–H groups in total. The van der Waals surface area contributed by atoms with E-state index in [0.29, 0.717) is 19.4 Å². The van der Waals surface area contributed by atoms with Crippen molar-refractivity contribution in [1.29, 1.82) is 0 Å². The summed E-state index contributed by atoms with van der Waals surface area (Å²) in [5.41, 5.74) is 1.91. The normalized spacial score (nSPS) is 11.2. The molecule has 7 heteroatoms. The highest BCUT2D eigenvalue weighted by atomic mass is 32.2. The Bertz CT molecular complexity index is 774. The number of rotatable bonds is 7. The lowest BCUT2D eigenvalue weighted by Gasteiger charge is -2.17. The van der Waals surface area contributed by atoms with Crippen LogP contribution in [-0.4, -0.2) is 38.3 Å². The van der Waals surface area contributed by atoms with Crippen LogP contribution in [0.3, 0.4) is 0 Å². The highest BCUT2D eigenvalue weighted by Gasteiger charge is 2.12. The molecule has 0 saturated carbocycles. The summed E-state index contributed by atoms with van der Waals surface area (Å²) in [4.78, 5) is 18.1. The third kappa shape index (κ3) is 4.87. The predicted octanol–water partition coefficient (Wildman–Crippen LogP) is 1.58. The molecule has 1 aromatic carbocycles. The van der Waals surface area contributed by atoms with Gasteiger partial charge in [-0.2, -0.15) is 0 Å². The van der Waals surface area contributed by atoms with E-state index in [1.807, 2.05) is 12.1 Å². The number of hydrogen-bond acceptors (Lipinski definition) is 4. The molecule has 0 spiro atoms. The van der Waals surface area contributed by atoms with Crippen molar-refractivity contribution < 1.29 is 13.2 Å². The molecule has 0 fully saturated rings. The smallest absolute Gasteiger partial charge is 0.240 e. The first kappa shape index (κ1) is 18.1. The Labute approximate surface area is 142 Å². The van der Waals surface area contributed by atoms with Crippen molar-refractivity contribution in [3.63, 3.8) is 0 Å². The molecule has 128 valence electrons. The summed E-state index contributed by atoms with van der Waals surface area (Å²) in [7, 11) is -0.289. The predicted molar refractivity (Wildman–Crippen MR) is 91.7 cm³/mol. The van der Waals surface area contributed by atoms with Crippen LogP contribution >= 0.6 is 0 Å². The fourth-order valence-electron chi connectivity index (χ4n) is 2.25. The first-order valence-electron chi connectivity index (χ1n) is 7.58. The molecule has 0 radical (unpaired) electrons. The van der Waals surface area contributed by atoms with Crippen LogP contribution < -0.4 is 4.72 Å². The van der Waals surface area contributed by atoms with E-state index in [1.54, 1.807) is 48.6 Å². The number of nitrogens with one attached hydrogen (secondary N) is 1. The summed E-state index contributed by atoms with van der Waals surface area (Å²) < 4.78 is 25.6. The van der Waals surface area contributed by atoms with Gasteiger partial charge in [0.25, 0.3) is 0 Å². The molecule has 1 amide bonds. The lowest BCUT2D eigenvalue weighted by molar-refractivity contribution is -0.130. The molecule has 0 aliphatic carbocycles. The molecule has 0 aliphatic heterocycles. The minimum atomic E-state index is -3.43. The molecule has 24 heavy (non-hydrogen) atoms. The van der Waals surface area contributed by atoms with Crippen molar-refractivity contribution in [3.05, 3.63) is 59.9 Å². The van der Waals surface area contributed by atoms with Gasteiger partial charge in [0.2, 0.25) is 15.9 Å². The summed E-state index contributed by atoms with van der Waals surface area (Å²) in [5.74, 6) is 0.0331. The van der Waals surface area contributed by atoms with Gasteiger partial charge in [-0.1, -0.05) is 18.2 Å². The zero-order valence-corrected chi connectivity index (χ0v) is 14.6. The summed E-state index contributed by atoms with van der Waals surface area (Å²) in [6.07, 6.45) is 4.37. The molecule has 1 aromatic heterocycles. The zero-order valence-electron chi connectivity index (χ0n) is 13.8. The van der Waals surface area contributed by atoms with Gasteiger partial charge in [-0.25, -0.2) is 13.1 Å². The monoisotopic (exact) mass is 347 g/mol. The van der Waals surface area contributed by atoms with E-state index in [4.69, 9.17) is 0 Å². The molecule has 0 atom stereocenters. The van der Waals surface area contributed by atoms with E-state index in [-0.39, 0.29) is 10.8 Å². The van der Waals surface area contributed by atoms with E-state index >= 15 is 0 Å². The van der Waals surface area contributed by atoms with Gasteiger partial charge in [-0.05, 0) is 42.8 Å².